The number of hydrogen-bond acceptors (Lipinski definition) is 4. The first kappa shape index (κ1) is 16.0. The van der Waals surface area contributed by atoms with Crippen LogP contribution in [0.5, 0.6) is 0 Å². The molecule has 1 aromatic carbocycles. The fraction of sp³-hybridized carbons (Fsp3) is 0.222. The number of thioether (sulfide) groups is 1. The van der Waals surface area contributed by atoms with Gasteiger partial charge in [0.05, 0.1) is 11.1 Å². The lowest BCUT2D eigenvalue weighted by Crippen LogP contribution is -2.21. The summed E-state index contributed by atoms with van der Waals surface area (Å²) in [6.45, 7) is 9.95. The van der Waals surface area contributed by atoms with E-state index in [0.717, 1.165) is 42.8 Å². The number of hydrogen-bond donors (Lipinski definition) is 0. The normalized spacial score (nSPS) is 11.1. The number of fused-ring (bicyclic) bond motifs is 1. The third kappa shape index (κ3) is 2.99. The van der Waals surface area contributed by atoms with E-state index in [0.29, 0.717) is 0 Å². The SMILES string of the molecule is C=C(C)CSc1nc2sc(C)c(C)c2c(=O)n1-c1ccccc1. The van der Waals surface area contributed by atoms with Gasteiger partial charge < -0.3 is 0 Å². The van der Waals surface area contributed by atoms with Gasteiger partial charge in [0.25, 0.3) is 5.56 Å². The Hall–Kier alpha value is -1.85. The summed E-state index contributed by atoms with van der Waals surface area (Å²) < 4.78 is 1.72. The van der Waals surface area contributed by atoms with Crippen molar-refractivity contribution in [1.29, 1.82) is 0 Å². The minimum Gasteiger partial charge on any atom is -0.268 e. The van der Waals surface area contributed by atoms with Crippen molar-refractivity contribution >= 4 is 33.3 Å². The number of aryl methyl sites for hydroxylation is 2. The predicted molar refractivity (Wildman–Crippen MR) is 100 cm³/mol. The molecule has 0 saturated carbocycles. The van der Waals surface area contributed by atoms with Gasteiger partial charge in [0.1, 0.15) is 4.83 Å². The maximum Gasteiger partial charge on any atom is 0.267 e. The quantitative estimate of drug-likeness (QED) is 0.390. The molecule has 118 valence electrons. The van der Waals surface area contributed by atoms with E-state index in [1.54, 1.807) is 27.7 Å². The standard InChI is InChI=1S/C18H18N2OS2/c1-11(2)10-22-18-19-16-15(12(3)13(4)23-16)17(21)20(18)14-8-6-5-7-9-14/h5-9H,1,10H2,2-4H3. The summed E-state index contributed by atoms with van der Waals surface area (Å²) in [6.07, 6.45) is 0. The highest BCUT2D eigenvalue weighted by atomic mass is 32.2. The van der Waals surface area contributed by atoms with Gasteiger partial charge in [-0.1, -0.05) is 42.1 Å². The topological polar surface area (TPSA) is 34.9 Å². The number of para-hydroxylation sites is 1. The van der Waals surface area contributed by atoms with Crippen LogP contribution in [0.2, 0.25) is 0 Å². The molecule has 0 bridgehead atoms. The highest BCUT2D eigenvalue weighted by Gasteiger charge is 2.17. The van der Waals surface area contributed by atoms with Gasteiger partial charge in [-0.3, -0.25) is 9.36 Å². The molecule has 0 spiro atoms. The highest BCUT2D eigenvalue weighted by molar-refractivity contribution is 7.99. The zero-order valence-electron chi connectivity index (χ0n) is 13.4. The Labute approximate surface area is 143 Å². The molecule has 3 nitrogen and oxygen atoms in total. The van der Waals surface area contributed by atoms with Gasteiger partial charge in [-0.2, -0.15) is 0 Å². The average Bonchev–Trinajstić information content (AvgIpc) is 2.81. The molecule has 0 atom stereocenters. The first-order valence-electron chi connectivity index (χ1n) is 7.34. The summed E-state index contributed by atoms with van der Waals surface area (Å²) in [5, 5.41) is 1.45. The molecule has 0 aliphatic rings. The third-order valence-corrected chi connectivity index (χ3v) is 5.90. The fourth-order valence-electron chi connectivity index (χ4n) is 2.36. The largest absolute Gasteiger partial charge is 0.268 e. The lowest BCUT2D eigenvalue weighted by molar-refractivity contribution is 0.822. The molecule has 23 heavy (non-hydrogen) atoms. The number of aromatic nitrogens is 2. The van der Waals surface area contributed by atoms with E-state index in [2.05, 4.69) is 6.58 Å². The minimum absolute atomic E-state index is 0.00673. The van der Waals surface area contributed by atoms with Crippen molar-refractivity contribution in [2.75, 3.05) is 5.75 Å². The molecule has 0 N–H and O–H groups in total. The van der Waals surface area contributed by atoms with E-state index in [1.165, 1.54) is 0 Å². The minimum atomic E-state index is 0.00673. The Bertz CT molecular complexity index is 939. The molecular formula is C18H18N2OS2. The van der Waals surface area contributed by atoms with Crippen molar-refractivity contribution < 1.29 is 0 Å². The van der Waals surface area contributed by atoms with Crippen molar-refractivity contribution in [1.82, 2.24) is 9.55 Å². The Morgan fingerprint density at radius 3 is 2.65 bits per heavy atom. The molecule has 3 aromatic rings. The summed E-state index contributed by atoms with van der Waals surface area (Å²) >= 11 is 3.14. The number of thiophene rings is 1. The molecule has 0 aliphatic carbocycles. The second kappa shape index (κ2) is 6.34. The molecule has 3 rings (SSSR count). The van der Waals surface area contributed by atoms with Crippen LogP contribution in [0, 0.1) is 13.8 Å². The smallest absolute Gasteiger partial charge is 0.267 e. The highest BCUT2D eigenvalue weighted by Crippen LogP contribution is 2.29. The molecule has 0 unspecified atom stereocenters. The monoisotopic (exact) mass is 342 g/mol. The summed E-state index contributed by atoms with van der Waals surface area (Å²) in [6, 6.07) is 9.69. The van der Waals surface area contributed by atoms with Crippen LogP contribution in [-0.4, -0.2) is 15.3 Å². The maximum atomic E-state index is 13.1. The van der Waals surface area contributed by atoms with Crippen LogP contribution >= 0.6 is 23.1 Å². The van der Waals surface area contributed by atoms with Gasteiger partial charge in [0.15, 0.2) is 5.16 Å². The van der Waals surface area contributed by atoms with Crippen LogP contribution < -0.4 is 5.56 Å². The van der Waals surface area contributed by atoms with E-state index in [1.807, 2.05) is 51.1 Å². The molecule has 0 aliphatic heterocycles. The average molecular weight is 342 g/mol. The lowest BCUT2D eigenvalue weighted by atomic mass is 10.2. The fourth-order valence-corrected chi connectivity index (χ4v) is 4.29. The van der Waals surface area contributed by atoms with Gasteiger partial charge in [-0.25, -0.2) is 4.98 Å². The van der Waals surface area contributed by atoms with E-state index in [9.17, 15) is 4.79 Å². The van der Waals surface area contributed by atoms with Crippen molar-refractivity contribution in [2.45, 2.75) is 25.9 Å². The summed E-state index contributed by atoms with van der Waals surface area (Å²) in [4.78, 5) is 19.9. The van der Waals surface area contributed by atoms with Gasteiger partial charge >= 0.3 is 0 Å². The van der Waals surface area contributed by atoms with Crippen LogP contribution in [0.3, 0.4) is 0 Å². The third-order valence-electron chi connectivity index (χ3n) is 3.63. The maximum absolute atomic E-state index is 13.1. The van der Waals surface area contributed by atoms with Gasteiger partial charge in [-0.15, -0.1) is 11.3 Å². The number of nitrogens with zero attached hydrogens (tertiary/aromatic N) is 2. The summed E-state index contributed by atoms with van der Waals surface area (Å²) in [5.74, 6) is 0.744. The lowest BCUT2D eigenvalue weighted by Gasteiger charge is -2.12. The Morgan fingerprint density at radius 2 is 2.00 bits per heavy atom. The summed E-state index contributed by atoms with van der Waals surface area (Å²) in [7, 11) is 0. The molecule has 0 amide bonds. The first-order valence-corrected chi connectivity index (χ1v) is 9.14. The molecule has 0 fully saturated rings. The van der Waals surface area contributed by atoms with Gasteiger partial charge in [0, 0.05) is 10.6 Å². The van der Waals surface area contributed by atoms with Crippen LogP contribution in [0.1, 0.15) is 17.4 Å². The van der Waals surface area contributed by atoms with Gasteiger partial charge in [-0.05, 0) is 38.5 Å². The molecule has 0 saturated heterocycles. The first-order chi connectivity index (χ1) is 11.0. The number of rotatable bonds is 4. The van der Waals surface area contributed by atoms with Crippen molar-refractivity contribution in [3.8, 4) is 5.69 Å². The van der Waals surface area contributed by atoms with Crippen LogP contribution in [0.15, 0.2) is 52.4 Å². The van der Waals surface area contributed by atoms with Gasteiger partial charge in [0.2, 0.25) is 0 Å². The Morgan fingerprint density at radius 1 is 1.30 bits per heavy atom. The molecule has 5 heteroatoms. The van der Waals surface area contributed by atoms with Crippen molar-refractivity contribution in [3.05, 3.63) is 63.3 Å². The molecule has 2 heterocycles. The van der Waals surface area contributed by atoms with Crippen molar-refractivity contribution in [3.63, 3.8) is 0 Å². The Kier molecular flexibility index (Phi) is 4.41. The molecule has 0 radical (unpaired) electrons. The van der Waals surface area contributed by atoms with E-state index in [4.69, 9.17) is 4.98 Å². The van der Waals surface area contributed by atoms with Crippen molar-refractivity contribution in [2.24, 2.45) is 0 Å². The molecule has 2 aromatic heterocycles. The Balaban J connectivity index is 2.31. The predicted octanol–water partition coefficient (Wildman–Crippen LogP) is 4.73. The summed E-state index contributed by atoms with van der Waals surface area (Å²) in [5.41, 5.74) is 2.94. The van der Waals surface area contributed by atoms with E-state index in [-0.39, 0.29) is 5.56 Å². The zero-order valence-corrected chi connectivity index (χ0v) is 15.1. The van der Waals surface area contributed by atoms with E-state index < -0.39 is 0 Å². The van der Waals surface area contributed by atoms with Crippen LogP contribution in [0.4, 0.5) is 0 Å². The second-order valence-corrected chi connectivity index (χ2v) is 7.73. The van der Waals surface area contributed by atoms with Crippen LogP contribution in [-0.2, 0) is 0 Å². The van der Waals surface area contributed by atoms with E-state index >= 15 is 0 Å². The van der Waals surface area contributed by atoms with Crippen LogP contribution in [0.25, 0.3) is 15.9 Å². The second-order valence-electron chi connectivity index (χ2n) is 5.58. The molecular weight excluding hydrogens is 324 g/mol. The number of benzene rings is 1. The zero-order chi connectivity index (χ0) is 16.6.